The molecule has 1 aromatic carbocycles. The van der Waals surface area contributed by atoms with Crippen molar-refractivity contribution in [2.24, 2.45) is 0 Å². The maximum absolute atomic E-state index is 11.9. The second-order valence-electron chi connectivity index (χ2n) is 5.38. The van der Waals surface area contributed by atoms with Crippen molar-refractivity contribution in [3.63, 3.8) is 0 Å². The lowest BCUT2D eigenvalue weighted by molar-refractivity contribution is -0.136. The molecule has 23 heavy (non-hydrogen) atoms. The summed E-state index contributed by atoms with van der Waals surface area (Å²) in [5.74, 6) is -1.29. The number of hydrogen-bond donors (Lipinski definition) is 3. The standard InChI is InChI=1S/C16H19ClN2O4/c1-23-13-6-5-11(17)9-12(13)19-15(21)14(20)18-10-16(22)7-3-2-4-8-16/h3,5-7,9,22H,2,4,8,10H2,1H3,(H,18,20)(H,19,21). The highest BCUT2D eigenvalue weighted by molar-refractivity contribution is 6.40. The van der Waals surface area contributed by atoms with Gasteiger partial charge in [0, 0.05) is 5.02 Å². The van der Waals surface area contributed by atoms with E-state index < -0.39 is 17.4 Å². The van der Waals surface area contributed by atoms with E-state index in [1.54, 1.807) is 18.2 Å². The van der Waals surface area contributed by atoms with Crippen LogP contribution in [0.5, 0.6) is 5.75 Å². The number of rotatable bonds is 4. The zero-order valence-electron chi connectivity index (χ0n) is 12.8. The van der Waals surface area contributed by atoms with Gasteiger partial charge in [-0.25, -0.2) is 0 Å². The molecule has 1 atom stereocenters. The van der Waals surface area contributed by atoms with Crippen LogP contribution in [0.3, 0.4) is 0 Å². The van der Waals surface area contributed by atoms with Crippen LogP contribution >= 0.6 is 11.6 Å². The Balaban J connectivity index is 1.95. The van der Waals surface area contributed by atoms with Gasteiger partial charge >= 0.3 is 11.8 Å². The highest BCUT2D eigenvalue weighted by Crippen LogP contribution is 2.27. The molecule has 7 heteroatoms. The average molecular weight is 339 g/mol. The minimum absolute atomic E-state index is 0.0115. The van der Waals surface area contributed by atoms with Crippen LogP contribution in [0.25, 0.3) is 0 Å². The molecule has 0 saturated heterocycles. The maximum atomic E-state index is 11.9. The topological polar surface area (TPSA) is 87.7 Å². The van der Waals surface area contributed by atoms with E-state index in [1.807, 2.05) is 6.08 Å². The van der Waals surface area contributed by atoms with Gasteiger partial charge in [0.05, 0.1) is 19.3 Å². The third kappa shape index (κ3) is 4.71. The van der Waals surface area contributed by atoms with Crippen molar-refractivity contribution in [1.82, 2.24) is 5.32 Å². The first kappa shape index (κ1) is 17.3. The van der Waals surface area contributed by atoms with E-state index in [4.69, 9.17) is 16.3 Å². The smallest absolute Gasteiger partial charge is 0.313 e. The molecule has 3 N–H and O–H groups in total. The van der Waals surface area contributed by atoms with Crippen LogP contribution in [-0.4, -0.2) is 36.2 Å². The number of nitrogens with one attached hydrogen (secondary N) is 2. The lowest BCUT2D eigenvalue weighted by atomic mass is 9.91. The predicted octanol–water partition coefficient (Wildman–Crippen LogP) is 1.87. The number of halogens is 1. The molecule has 0 fully saturated rings. The molecular weight excluding hydrogens is 320 g/mol. The molecule has 1 unspecified atom stereocenters. The van der Waals surface area contributed by atoms with Crippen molar-refractivity contribution in [3.05, 3.63) is 35.4 Å². The van der Waals surface area contributed by atoms with E-state index in [2.05, 4.69) is 10.6 Å². The highest BCUT2D eigenvalue weighted by atomic mass is 35.5. The first-order valence-corrected chi connectivity index (χ1v) is 7.64. The Morgan fingerprint density at radius 2 is 2.17 bits per heavy atom. The number of ether oxygens (including phenoxy) is 1. The molecule has 0 heterocycles. The number of methoxy groups -OCH3 is 1. The number of benzene rings is 1. The van der Waals surface area contributed by atoms with E-state index in [0.29, 0.717) is 22.9 Å². The molecule has 0 spiro atoms. The quantitative estimate of drug-likeness (QED) is 0.577. The second kappa shape index (κ2) is 7.48. The summed E-state index contributed by atoms with van der Waals surface area (Å²) in [5, 5.41) is 15.5. The summed E-state index contributed by atoms with van der Waals surface area (Å²) in [5.41, 5.74) is -0.793. The largest absolute Gasteiger partial charge is 0.495 e. The third-order valence-corrected chi connectivity index (χ3v) is 3.81. The van der Waals surface area contributed by atoms with Gasteiger partial charge < -0.3 is 20.5 Å². The van der Waals surface area contributed by atoms with E-state index >= 15 is 0 Å². The summed E-state index contributed by atoms with van der Waals surface area (Å²) in [6.45, 7) is -0.0115. The normalized spacial score (nSPS) is 20.0. The summed E-state index contributed by atoms with van der Waals surface area (Å²) in [6, 6.07) is 4.69. The molecule has 6 nitrogen and oxygen atoms in total. The van der Waals surface area contributed by atoms with Crippen LogP contribution in [0.4, 0.5) is 5.69 Å². The van der Waals surface area contributed by atoms with Crippen LogP contribution in [0.2, 0.25) is 5.02 Å². The summed E-state index contributed by atoms with van der Waals surface area (Å²) >= 11 is 5.87. The Hall–Kier alpha value is -2.05. The number of carbonyl (C=O) groups is 2. The van der Waals surface area contributed by atoms with Crippen LogP contribution in [0.15, 0.2) is 30.4 Å². The summed E-state index contributed by atoms with van der Waals surface area (Å²) in [6.07, 6.45) is 5.83. The monoisotopic (exact) mass is 338 g/mol. The summed E-state index contributed by atoms with van der Waals surface area (Å²) < 4.78 is 5.10. The fraction of sp³-hybridized carbons (Fsp3) is 0.375. The Labute approximate surface area is 139 Å². The van der Waals surface area contributed by atoms with Gasteiger partial charge in [-0.05, 0) is 37.5 Å². The van der Waals surface area contributed by atoms with Crippen LogP contribution in [0, 0.1) is 0 Å². The molecule has 2 amide bonds. The zero-order valence-corrected chi connectivity index (χ0v) is 13.5. The molecule has 0 aromatic heterocycles. The molecule has 2 rings (SSSR count). The molecule has 0 radical (unpaired) electrons. The first-order valence-electron chi connectivity index (χ1n) is 7.26. The lowest BCUT2D eigenvalue weighted by Gasteiger charge is -2.27. The van der Waals surface area contributed by atoms with Crippen molar-refractivity contribution < 1.29 is 19.4 Å². The Kier molecular flexibility index (Phi) is 5.63. The van der Waals surface area contributed by atoms with Crippen molar-refractivity contribution >= 4 is 29.1 Å². The number of aliphatic hydroxyl groups is 1. The number of amides is 2. The van der Waals surface area contributed by atoms with E-state index in [0.717, 1.165) is 12.8 Å². The molecule has 1 aliphatic rings. The predicted molar refractivity (Wildman–Crippen MR) is 87.6 cm³/mol. The Morgan fingerprint density at radius 1 is 1.39 bits per heavy atom. The SMILES string of the molecule is COc1ccc(Cl)cc1NC(=O)C(=O)NCC1(O)C=CCCC1. The van der Waals surface area contributed by atoms with Crippen LogP contribution in [-0.2, 0) is 9.59 Å². The number of carbonyl (C=O) groups excluding carboxylic acids is 2. The zero-order chi connectivity index (χ0) is 16.9. The van der Waals surface area contributed by atoms with Crippen LogP contribution in [0.1, 0.15) is 19.3 Å². The first-order chi connectivity index (χ1) is 10.9. The molecular formula is C16H19ClN2O4. The number of hydrogen-bond acceptors (Lipinski definition) is 4. The molecule has 0 bridgehead atoms. The molecule has 0 aliphatic heterocycles. The molecule has 0 saturated carbocycles. The summed E-state index contributed by atoms with van der Waals surface area (Å²) in [4.78, 5) is 23.8. The van der Waals surface area contributed by atoms with Crippen LogP contribution < -0.4 is 15.4 Å². The second-order valence-corrected chi connectivity index (χ2v) is 5.82. The van der Waals surface area contributed by atoms with Gasteiger partial charge in [-0.2, -0.15) is 0 Å². The number of allylic oxidation sites excluding steroid dienone is 1. The van der Waals surface area contributed by atoms with Gasteiger partial charge in [0.15, 0.2) is 0 Å². The van der Waals surface area contributed by atoms with Gasteiger partial charge in [0.1, 0.15) is 11.4 Å². The maximum Gasteiger partial charge on any atom is 0.313 e. The van der Waals surface area contributed by atoms with Gasteiger partial charge in [-0.3, -0.25) is 9.59 Å². The van der Waals surface area contributed by atoms with Crippen molar-refractivity contribution in [1.29, 1.82) is 0 Å². The molecule has 124 valence electrons. The van der Waals surface area contributed by atoms with Gasteiger partial charge in [0.2, 0.25) is 0 Å². The van der Waals surface area contributed by atoms with Gasteiger partial charge in [0.25, 0.3) is 0 Å². The van der Waals surface area contributed by atoms with E-state index in [9.17, 15) is 14.7 Å². The molecule has 1 aliphatic carbocycles. The van der Waals surface area contributed by atoms with Crippen molar-refractivity contribution in [2.45, 2.75) is 24.9 Å². The fourth-order valence-electron chi connectivity index (χ4n) is 2.33. The van der Waals surface area contributed by atoms with Gasteiger partial charge in [-0.15, -0.1) is 0 Å². The molecule has 1 aromatic rings. The minimum Gasteiger partial charge on any atom is -0.495 e. The van der Waals surface area contributed by atoms with E-state index in [-0.39, 0.29) is 6.54 Å². The lowest BCUT2D eigenvalue weighted by Crippen LogP contribution is -2.45. The van der Waals surface area contributed by atoms with Crippen molar-refractivity contribution in [3.8, 4) is 5.75 Å². The number of anilines is 1. The average Bonchev–Trinajstić information content (AvgIpc) is 2.53. The van der Waals surface area contributed by atoms with Crippen molar-refractivity contribution in [2.75, 3.05) is 19.0 Å². The van der Waals surface area contributed by atoms with Gasteiger partial charge in [-0.1, -0.05) is 23.8 Å². The fourth-order valence-corrected chi connectivity index (χ4v) is 2.50. The minimum atomic E-state index is -1.10. The Morgan fingerprint density at radius 3 is 2.83 bits per heavy atom. The summed E-state index contributed by atoms with van der Waals surface area (Å²) in [7, 11) is 1.45. The Bertz CT molecular complexity index is 633. The highest BCUT2D eigenvalue weighted by Gasteiger charge is 2.27. The van der Waals surface area contributed by atoms with E-state index in [1.165, 1.54) is 13.2 Å². The third-order valence-electron chi connectivity index (χ3n) is 3.58.